The summed E-state index contributed by atoms with van der Waals surface area (Å²) in [5.74, 6) is -0.379. The van der Waals surface area contributed by atoms with Crippen LogP contribution in [0.1, 0.15) is 5.01 Å². The predicted molar refractivity (Wildman–Crippen MR) is 57.3 cm³/mol. The molecule has 0 aliphatic carbocycles. The molecule has 0 bridgehead atoms. The standard InChI is InChI=1S/C10H8F4N2S/c11-6-1-2-7-8(3-6)17-9(16-7)4-15-5-10(12,13)14/h1-3,15H,4-5H2. The Balaban J connectivity index is 2.05. The van der Waals surface area contributed by atoms with Gasteiger partial charge in [0.15, 0.2) is 0 Å². The van der Waals surface area contributed by atoms with Crippen LogP contribution in [0.25, 0.3) is 10.2 Å². The van der Waals surface area contributed by atoms with Gasteiger partial charge in [0.05, 0.1) is 16.8 Å². The van der Waals surface area contributed by atoms with E-state index in [2.05, 4.69) is 10.3 Å². The maximum atomic E-state index is 12.9. The Bertz CT molecular complexity index is 520. The van der Waals surface area contributed by atoms with Gasteiger partial charge in [0.25, 0.3) is 0 Å². The third kappa shape index (κ3) is 3.37. The Morgan fingerprint density at radius 1 is 1.29 bits per heavy atom. The lowest BCUT2D eigenvalue weighted by molar-refractivity contribution is -0.125. The zero-order chi connectivity index (χ0) is 12.5. The van der Waals surface area contributed by atoms with E-state index in [1.165, 1.54) is 29.5 Å². The average molecular weight is 264 g/mol. The first-order chi connectivity index (χ1) is 7.94. The maximum absolute atomic E-state index is 12.9. The van der Waals surface area contributed by atoms with Crippen molar-refractivity contribution < 1.29 is 17.6 Å². The molecule has 0 saturated heterocycles. The Hall–Kier alpha value is -1.21. The van der Waals surface area contributed by atoms with Crippen LogP contribution in [0.5, 0.6) is 0 Å². The van der Waals surface area contributed by atoms with Crippen molar-refractivity contribution in [2.45, 2.75) is 12.7 Å². The molecule has 0 spiro atoms. The molecule has 2 rings (SSSR count). The van der Waals surface area contributed by atoms with E-state index in [0.717, 1.165) is 0 Å². The molecule has 0 aliphatic heterocycles. The second-order valence-corrected chi connectivity index (χ2v) is 4.55. The predicted octanol–water partition coefficient (Wildman–Crippen LogP) is 3.09. The lowest BCUT2D eigenvalue weighted by Gasteiger charge is -2.05. The first-order valence-electron chi connectivity index (χ1n) is 4.76. The van der Waals surface area contributed by atoms with Gasteiger partial charge in [0, 0.05) is 6.54 Å². The van der Waals surface area contributed by atoms with Crippen LogP contribution in [0.4, 0.5) is 17.6 Å². The van der Waals surface area contributed by atoms with Gasteiger partial charge in [-0.2, -0.15) is 13.2 Å². The van der Waals surface area contributed by atoms with Crippen molar-refractivity contribution in [2.75, 3.05) is 6.54 Å². The van der Waals surface area contributed by atoms with Crippen molar-refractivity contribution in [1.82, 2.24) is 10.3 Å². The lowest BCUT2D eigenvalue weighted by atomic mass is 10.3. The maximum Gasteiger partial charge on any atom is 0.401 e. The highest BCUT2D eigenvalue weighted by molar-refractivity contribution is 7.18. The molecule has 1 heterocycles. The SMILES string of the molecule is Fc1ccc2nc(CNCC(F)(F)F)sc2c1. The van der Waals surface area contributed by atoms with Crippen LogP contribution < -0.4 is 5.32 Å². The van der Waals surface area contributed by atoms with Crippen molar-refractivity contribution in [3.05, 3.63) is 29.0 Å². The summed E-state index contributed by atoms with van der Waals surface area (Å²) >= 11 is 1.18. The number of nitrogens with one attached hydrogen (secondary N) is 1. The van der Waals surface area contributed by atoms with Crippen molar-refractivity contribution in [3.8, 4) is 0 Å². The Morgan fingerprint density at radius 2 is 2.06 bits per heavy atom. The molecule has 7 heteroatoms. The smallest absolute Gasteiger partial charge is 0.302 e. The van der Waals surface area contributed by atoms with Crippen LogP contribution >= 0.6 is 11.3 Å². The second-order valence-electron chi connectivity index (χ2n) is 3.44. The summed E-state index contributed by atoms with van der Waals surface area (Å²) in [4.78, 5) is 4.10. The number of fused-ring (bicyclic) bond motifs is 1. The molecule has 0 aliphatic rings. The number of hydrogen-bond acceptors (Lipinski definition) is 3. The van der Waals surface area contributed by atoms with E-state index >= 15 is 0 Å². The number of alkyl halides is 3. The average Bonchev–Trinajstić information content (AvgIpc) is 2.57. The van der Waals surface area contributed by atoms with Crippen LogP contribution in [-0.2, 0) is 6.54 Å². The second kappa shape index (κ2) is 4.58. The zero-order valence-electron chi connectivity index (χ0n) is 8.51. The van der Waals surface area contributed by atoms with Gasteiger partial charge in [-0.1, -0.05) is 0 Å². The first-order valence-corrected chi connectivity index (χ1v) is 5.58. The van der Waals surface area contributed by atoms with Gasteiger partial charge in [-0.05, 0) is 18.2 Å². The van der Waals surface area contributed by atoms with E-state index in [0.29, 0.717) is 15.2 Å². The van der Waals surface area contributed by atoms with Crippen LogP contribution in [0.15, 0.2) is 18.2 Å². The number of aromatic nitrogens is 1. The lowest BCUT2D eigenvalue weighted by Crippen LogP contribution is -2.28. The summed E-state index contributed by atoms with van der Waals surface area (Å²) in [5.41, 5.74) is 0.597. The molecule has 0 amide bonds. The fourth-order valence-electron chi connectivity index (χ4n) is 1.33. The van der Waals surface area contributed by atoms with Gasteiger partial charge in [0.1, 0.15) is 10.8 Å². The third-order valence-corrected chi connectivity index (χ3v) is 3.01. The fraction of sp³-hybridized carbons (Fsp3) is 0.300. The molecular formula is C10H8F4N2S. The minimum absolute atomic E-state index is 0.0282. The number of hydrogen-bond donors (Lipinski definition) is 1. The number of rotatable bonds is 3. The minimum atomic E-state index is -4.23. The summed E-state index contributed by atoms with van der Waals surface area (Å²) in [7, 11) is 0. The van der Waals surface area contributed by atoms with E-state index in [-0.39, 0.29) is 12.4 Å². The van der Waals surface area contributed by atoms with Crippen LogP contribution in [0.2, 0.25) is 0 Å². The molecule has 0 fully saturated rings. The molecule has 0 unspecified atom stereocenters. The third-order valence-electron chi connectivity index (χ3n) is 2.00. The molecule has 1 aromatic carbocycles. The molecule has 1 aromatic heterocycles. The zero-order valence-corrected chi connectivity index (χ0v) is 9.33. The van der Waals surface area contributed by atoms with E-state index in [1.54, 1.807) is 0 Å². The van der Waals surface area contributed by atoms with E-state index in [4.69, 9.17) is 0 Å². The molecule has 2 nitrogen and oxygen atoms in total. The molecular weight excluding hydrogens is 256 g/mol. The van der Waals surface area contributed by atoms with Gasteiger partial charge in [-0.25, -0.2) is 9.37 Å². The summed E-state index contributed by atoms with van der Waals surface area (Å²) < 4.78 is 49.2. The van der Waals surface area contributed by atoms with Gasteiger partial charge in [-0.3, -0.25) is 0 Å². The number of benzene rings is 1. The summed E-state index contributed by atoms with van der Waals surface area (Å²) in [5, 5.41) is 2.76. The molecule has 0 saturated carbocycles. The van der Waals surface area contributed by atoms with Crippen LogP contribution in [-0.4, -0.2) is 17.7 Å². The number of thiazole rings is 1. The van der Waals surface area contributed by atoms with Crippen LogP contribution in [0, 0.1) is 5.82 Å². The van der Waals surface area contributed by atoms with Crippen molar-refractivity contribution in [1.29, 1.82) is 0 Å². The van der Waals surface area contributed by atoms with E-state index in [9.17, 15) is 17.6 Å². The highest BCUT2D eigenvalue weighted by atomic mass is 32.1. The molecule has 1 N–H and O–H groups in total. The van der Waals surface area contributed by atoms with Gasteiger partial charge in [-0.15, -0.1) is 11.3 Å². The first kappa shape index (κ1) is 12.3. The minimum Gasteiger partial charge on any atom is -0.302 e. The Kier molecular flexibility index (Phi) is 3.30. The van der Waals surface area contributed by atoms with Crippen molar-refractivity contribution in [3.63, 3.8) is 0 Å². The molecule has 2 aromatic rings. The highest BCUT2D eigenvalue weighted by Gasteiger charge is 2.26. The summed E-state index contributed by atoms with van der Waals surface area (Å²) in [6.07, 6.45) is -4.23. The summed E-state index contributed by atoms with van der Waals surface area (Å²) in [6, 6.07) is 4.10. The fourth-order valence-corrected chi connectivity index (χ4v) is 2.29. The molecule has 92 valence electrons. The quantitative estimate of drug-likeness (QED) is 0.862. The summed E-state index contributed by atoms with van der Waals surface area (Å²) in [6.45, 7) is -1.03. The number of nitrogens with zero attached hydrogens (tertiary/aromatic N) is 1. The van der Waals surface area contributed by atoms with E-state index in [1.807, 2.05) is 0 Å². The Morgan fingerprint density at radius 3 is 2.76 bits per heavy atom. The number of halogens is 4. The molecule has 17 heavy (non-hydrogen) atoms. The van der Waals surface area contributed by atoms with Gasteiger partial charge in [0.2, 0.25) is 0 Å². The Labute approximate surface area is 98.3 Å². The molecule has 0 atom stereocenters. The van der Waals surface area contributed by atoms with Crippen LogP contribution in [0.3, 0.4) is 0 Å². The van der Waals surface area contributed by atoms with E-state index < -0.39 is 12.7 Å². The normalized spacial score (nSPS) is 12.2. The van der Waals surface area contributed by atoms with Crippen molar-refractivity contribution >= 4 is 21.6 Å². The molecule has 0 radical (unpaired) electrons. The highest BCUT2D eigenvalue weighted by Crippen LogP contribution is 2.23. The monoisotopic (exact) mass is 264 g/mol. The van der Waals surface area contributed by atoms with Gasteiger partial charge >= 0.3 is 6.18 Å². The van der Waals surface area contributed by atoms with Gasteiger partial charge < -0.3 is 5.32 Å². The van der Waals surface area contributed by atoms with Crippen molar-refractivity contribution in [2.24, 2.45) is 0 Å². The largest absolute Gasteiger partial charge is 0.401 e. The topological polar surface area (TPSA) is 24.9 Å².